The van der Waals surface area contributed by atoms with Crippen molar-refractivity contribution in [2.24, 2.45) is 0 Å². The zero-order valence-electron chi connectivity index (χ0n) is 13.1. The number of para-hydroxylation sites is 2. The van der Waals surface area contributed by atoms with Crippen molar-refractivity contribution in [2.75, 3.05) is 0 Å². The van der Waals surface area contributed by atoms with Crippen molar-refractivity contribution >= 4 is 23.0 Å². The third-order valence-electron chi connectivity index (χ3n) is 3.63. The van der Waals surface area contributed by atoms with E-state index in [1.165, 1.54) is 12.5 Å². The number of carbonyl (C=O) groups excluding carboxylic acids is 1. The van der Waals surface area contributed by atoms with Crippen molar-refractivity contribution < 1.29 is 4.79 Å². The molecule has 0 fully saturated rings. The summed E-state index contributed by atoms with van der Waals surface area (Å²) in [5.41, 5.74) is 3.19. The van der Waals surface area contributed by atoms with Gasteiger partial charge in [0.25, 0.3) is 0 Å². The summed E-state index contributed by atoms with van der Waals surface area (Å²) in [5, 5.41) is 2.82. The number of aromatic nitrogens is 2. The lowest BCUT2D eigenvalue weighted by molar-refractivity contribution is -0.119. The first kappa shape index (κ1) is 15.0. The summed E-state index contributed by atoms with van der Waals surface area (Å²) in [6.07, 6.45) is 4.21. The molecule has 4 nitrogen and oxygen atoms in total. The molecule has 4 heteroatoms. The molecular weight excluding hydrogens is 286 g/mol. The molecule has 2 aromatic carbocycles. The molecule has 1 amide bonds. The minimum absolute atomic E-state index is 0.0524. The van der Waals surface area contributed by atoms with Crippen LogP contribution in [0, 0.1) is 0 Å². The molecule has 0 aliphatic heterocycles. The van der Waals surface area contributed by atoms with Crippen LogP contribution in [0.25, 0.3) is 17.1 Å². The zero-order valence-corrected chi connectivity index (χ0v) is 13.1. The molecule has 0 radical (unpaired) electrons. The Balaban J connectivity index is 1.86. The van der Waals surface area contributed by atoms with Crippen LogP contribution >= 0.6 is 0 Å². The monoisotopic (exact) mass is 305 g/mol. The van der Waals surface area contributed by atoms with Crippen LogP contribution in [0.2, 0.25) is 0 Å². The van der Waals surface area contributed by atoms with Crippen molar-refractivity contribution in [1.29, 1.82) is 0 Å². The van der Waals surface area contributed by atoms with Crippen LogP contribution in [0.4, 0.5) is 0 Å². The number of nitrogens with zero attached hydrogens (tertiary/aromatic N) is 2. The fraction of sp³-hybridized carbons (Fsp3) is 0.158. The van der Waals surface area contributed by atoms with Gasteiger partial charge in [0.1, 0.15) is 5.82 Å². The highest BCUT2D eigenvalue weighted by atomic mass is 16.1. The van der Waals surface area contributed by atoms with Gasteiger partial charge in [-0.15, -0.1) is 0 Å². The minimum atomic E-state index is -0.0524. The summed E-state index contributed by atoms with van der Waals surface area (Å²) < 4.78 is 2.13. The standard InChI is InChI=1S/C19H19N3O/c1-15(23)20-14-19-21-17-11-5-6-12-18(17)22(19)13-7-10-16-8-3-2-4-9-16/h2-12H,13-14H2,1H3,(H,20,23)/b10-7+. The highest BCUT2D eigenvalue weighted by Gasteiger charge is 2.09. The van der Waals surface area contributed by atoms with Crippen LogP contribution in [-0.2, 0) is 17.9 Å². The largest absolute Gasteiger partial charge is 0.349 e. The molecule has 0 saturated heterocycles. The predicted octanol–water partition coefficient (Wildman–Crippen LogP) is 3.39. The van der Waals surface area contributed by atoms with Gasteiger partial charge in [-0.05, 0) is 17.7 Å². The highest BCUT2D eigenvalue weighted by Crippen LogP contribution is 2.16. The third kappa shape index (κ3) is 3.66. The van der Waals surface area contributed by atoms with Crippen LogP contribution in [0.3, 0.4) is 0 Å². The minimum Gasteiger partial charge on any atom is -0.349 e. The van der Waals surface area contributed by atoms with Crippen LogP contribution in [0.15, 0.2) is 60.7 Å². The normalized spacial score (nSPS) is 11.2. The van der Waals surface area contributed by atoms with E-state index in [1.54, 1.807) is 0 Å². The Bertz CT molecular complexity index is 834. The zero-order chi connectivity index (χ0) is 16.1. The Labute approximate surface area is 135 Å². The number of benzene rings is 2. The lowest BCUT2D eigenvalue weighted by Crippen LogP contribution is -2.21. The van der Waals surface area contributed by atoms with E-state index in [1.807, 2.05) is 36.4 Å². The maximum Gasteiger partial charge on any atom is 0.217 e. The van der Waals surface area contributed by atoms with E-state index in [9.17, 15) is 4.79 Å². The van der Waals surface area contributed by atoms with Crippen molar-refractivity contribution in [1.82, 2.24) is 14.9 Å². The number of fused-ring (bicyclic) bond motifs is 1. The van der Waals surface area contributed by atoms with Crippen molar-refractivity contribution in [3.63, 3.8) is 0 Å². The van der Waals surface area contributed by atoms with Gasteiger partial charge in [0, 0.05) is 13.5 Å². The van der Waals surface area contributed by atoms with Gasteiger partial charge in [0.2, 0.25) is 5.91 Å². The van der Waals surface area contributed by atoms with E-state index in [-0.39, 0.29) is 5.91 Å². The molecule has 0 atom stereocenters. The molecule has 0 bridgehead atoms. The number of hydrogen-bond acceptors (Lipinski definition) is 2. The molecule has 3 aromatic rings. The third-order valence-corrected chi connectivity index (χ3v) is 3.63. The quantitative estimate of drug-likeness (QED) is 0.785. The number of hydrogen-bond donors (Lipinski definition) is 1. The fourth-order valence-electron chi connectivity index (χ4n) is 2.53. The summed E-state index contributed by atoms with van der Waals surface area (Å²) >= 11 is 0. The number of rotatable bonds is 5. The molecule has 3 rings (SSSR count). The molecule has 1 heterocycles. The smallest absolute Gasteiger partial charge is 0.217 e. The van der Waals surface area contributed by atoms with Crippen LogP contribution in [0.1, 0.15) is 18.3 Å². The van der Waals surface area contributed by atoms with Crippen LogP contribution in [0.5, 0.6) is 0 Å². The van der Waals surface area contributed by atoms with Crippen LogP contribution < -0.4 is 5.32 Å². The van der Waals surface area contributed by atoms with Gasteiger partial charge in [-0.25, -0.2) is 4.98 Å². The second-order valence-corrected chi connectivity index (χ2v) is 5.35. The maximum atomic E-state index is 11.2. The van der Waals surface area contributed by atoms with E-state index in [4.69, 9.17) is 0 Å². The lowest BCUT2D eigenvalue weighted by atomic mass is 10.2. The Hall–Kier alpha value is -2.88. The first-order valence-corrected chi connectivity index (χ1v) is 7.64. The summed E-state index contributed by atoms with van der Waals surface area (Å²) in [4.78, 5) is 15.8. The molecule has 1 aromatic heterocycles. The van der Waals surface area contributed by atoms with E-state index < -0.39 is 0 Å². The summed E-state index contributed by atoms with van der Waals surface area (Å²) in [6.45, 7) is 2.66. The van der Waals surface area contributed by atoms with Crippen molar-refractivity contribution in [3.8, 4) is 0 Å². The van der Waals surface area contributed by atoms with Gasteiger partial charge in [-0.1, -0.05) is 54.6 Å². The lowest BCUT2D eigenvalue weighted by Gasteiger charge is -2.07. The van der Waals surface area contributed by atoms with Gasteiger partial charge in [0.05, 0.1) is 17.6 Å². The number of imidazole rings is 1. The van der Waals surface area contributed by atoms with Gasteiger partial charge in [-0.3, -0.25) is 4.79 Å². The maximum absolute atomic E-state index is 11.2. The number of allylic oxidation sites excluding steroid dienone is 1. The molecule has 0 unspecified atom stereocenters. The summed E-state index contributed by atoms with van der Waals surface area (Å²) in [7, 11) is 0. The summed E-state index contributed by atoms with van der Waals surface area (Å²) in [5.74, 6) is 0.808. The predicted molar refractivity (Wildman–Crippen MR) is 92.7 cm³/mol. The average Bonchev–Trinajstić information content (AvgIpc) is 2.92. The molecule has 1 N–H and O–H groups in total. The topological polar surface area (TPSA) is 46.9 Å². The Kier molecular flexibility index (Phi) is 4.52. The van der Waals surface area contributed by atoms with Crippen molar-refractivity contribution in [2.45, 2.75) is 20.0 Å². The van der Waals surface area contributed by atoms with E-state index in [2.05, 4.69) is 45.2 Å². The van der Waals surface area contributed by atoms with Gasteiger partial charge in [-0.2, -0.15) is 0 Å². The van der Waals surface area contributed by atoms with Gasteiger partial charge >= 0.3 is 0 Å². The highest BCUT2D eigenvalue weighted by molar-refractivity contribution is 5.76. The molecule has 0 aliphatic carbocycles. The Morgan fingerprint density at radius 2 is 1.87 bits per heavy atom. The Morgan fingerprint density at radius 1 is 1.13 bits per heavy atom. The molecule has 116 valence electrons. The number of amides is 1. The second kappa shape index (κ2) is 6.92. The summed E-state index contributed by atoms with van der Waals surface area (Å²) in [6, 6.07) is 18.2. The van der Waals surface area contributed by atoms with E-state index in [0.29, 0.717) is 13.1 Å². The van der Waals surface area contributed by atoms with Crippen LogP contribution in [-0.4, -0.2) is 15.5 Å². The number of nitrogens with one attached hydrogen (secondary N) is 1. The first-order chi connectivity index (χ1) is 11.2. The van der Waals surface area contributed by atoms with Crippen molar-refractivity contribution in [3.05, 3.63) is 72.1 Å². The number of carbonyl (C=O) groups is 1. The van der Waals surface area contributed by atoms with E-state index in [0.717, 1.165) is 16.9 Å². The molecule has 0 aliphatic rings. The second-order valence-electron chi connectivity index (χ2n) is 5.35. The average molecular weight is 305 g/mol. The molecular formula is C19H19N3O. The molecule has 0 saturated carbocycles. The van der Waals surface area contributed by atoms with E-state index >= 15 is 0 Å². The van der Waals surface area contributed by atoms with Gasteiger partial charge < -0.3 is 9.88 Å². The Morgan fingerprint density at radius 3 is 2.65 bits per heavy atom. The fourth-order valence-corrected chi connectivity index (χ4v) is 2.53. The SMILES string of the molecule is CC(=O)NCc1nc2ccccc2n1C/C=C/c1ccccc1. The van der Waals surface area contributed by atoms with Gasteiger partial charge in [0.15, 0.2) is 0 Å². The molecule has 0 spiro atoms. The first-order valence-electron chi connectivity index (χ1n) is 7.64. The molecule has 23 heavy (non-hydrogen) atoms.